The molecule has 0 fully saturated rings. The minimum Gasteiger partial charge on any atom is -0.330 e. The fourth-order valence-corrected chi connectivity index (χ4v) is 1.14. The van der Waals surface area contributed by atoms with Crippen molar-refractivity contribution in [2.45, 2.75) is 6.42 Å². The Morgan fingerprint density at radius 1 is 1.58 bits per heavy atom. The molecular weight excluding hydrogens is 216 g/mol. The molecule has 0 amide bonds. The van der Waals surface area contributed by atoms with Gasteiger partial charge in [-0.1, -0.05) is 12.6 Å². The van der Waals surface area contributed by atoms with Crippen LogP contribution in [0.2, 0.25) is 0 Å². The molecule has 1 aromatic heterocycles. The molecule has 0 saturated heterocycles. The van der Waals surface area contributed by atoms with Crippen LogP contribution in [0, 0.1) is 0 Å². The summed E-state index contributed by atoms with van der Waals surface area (Å²) in [6.07, 6.45) is 2.62. The van der Waals surface area contributed by atoms with E-state index in [1.807, 2.05) is 12.1 Å². The van der Waals surface area contributed by atoms with Gasteiger partial charge in [0.05, 0.1) is 0 Å². The van der Waals surface area contributed by atoms with Crippen LogP contribution >= 0.6 is 15.9 Å². The Bertz CT molecular complexity index is 266. The first-order valence-electron chi connectivity index (χ1n) is 3.74. The van der Waals surface area contributed by atoms with E-state index < -0.39 is 0 Å². The van der Waals surface area contributed by atoms with Crippen LogP contribution in [0.5, 0.6) is 0 Å². The molecule has 0 aromatic carbocycles. The summed E-state index contributed by atoms with van der Waals surface area (Å²) in [5.74, 6) is 0. The Morgan fingerprint density at radius 2 is 2.33 bits per heavy atom. The molecule has 0 unspecified atom stereocenters. The van der Waals surface area contributed by atoms with Crippen LogP contribution in [-0.4, -0.2) is 11.5 Å². The lowest BCUT2D eigenvalue weighted by molar-refractivity contribution is 1.02. The van der Waals surface area contributed by atoms with E-state index in [2.05, 4.69) is 27.5 Å². The molecule has 0 bridgehead atoms. The quantitative estimate of drug-likeness (QED) is 0.804. The predicted molar refractivity (Wildman–Crippen MR) is 54.6 cm³/mol. The highest BCUT2D eigenvalue weighted by Crippen LogP contribution is 2.15. The average molecular weight is 227 g/mol. The van der Waals surface area contributed by atoms with Crippen molar-refractivity contribution < 1.29 is 0 Å². The lowest BCUT2D eigenvalue weighted by atomic mass is 10.1. The van der Waals surface area contributed by atoms with Gasteiger partial charge in [0.15, 0.2) is 0 Å². The minimum absolute atomic E-state index is 0.634. The maximum Gasteiger partial charge on any atom is 0.106 e. The topological polar surface area (TPSA) is 38.9 Å². The third-order valence-corrected chi connectivity index (χ3v) is 2.05. The van der Waals surface area contributed by atoms with E-state index in [1.165, 1.54) is 0 Å². The van der Waals surface area contributed by atoms with Crippen molar-refractivity contribution in [3.63, 3.8) is 0 Å². The molecule has 12 heavy (non-hydrogen) atoms. The van der Waals surface area contributed by atoms with Gasteiger partial charge in [-0.05, 0) is 46.1 Å². The SMILES string of the molecule is C=C(CCN)c1ccc(Br)nc1. The van der Waals surface area contributed by atoms with Crippen LogP contribution in [0.25, 0.3) is 5.57 Å². The molecule has 0 aliphatic rings. The molecule has 64 valence electrons. The summed E-state index contributed by atoms with van der Waals surface area (Å²) in [7, 11) is 0. The molecular formula is C9H11BrN2. The van der Waals surface area contributed by atoms with Crippen molar-refractivity contribution in [3.8, 4) is 0 Å². The van der Waals surface area contributed by atoms with Gasteiger partial charge in [0.2, 0.25) is 0 Å². The van der Waals surface area contributed by atoms with E-state index in [4.69, 9.17) is 5.73 Å². The van der Waals surface area contributed by atoms with Crippen LogP contribution in [0.1, 0.15) is 12.0 Å². The van der Waals surface area contributed by atoms with Crippen molar-refractivity contribution in [1.29, 1.82) is 0 Å². The van der Waals surface area contributed by atoms with Gasteiger partial charge >= 0.3 is 0 Å². The summed E-state index contributed by atoms with van der Waals surface area (Å²) in [6.45, 7) is 4.54. The number of halogens is 1. The zero-order chi connectivity index (χ0) is 8.97. The van der Waals surface area contributed by atoms with E-state index in [-0.39, 0.29) is 0 Å². The molecule has 3 heteroatoms. The molecule has 0 spiro atoms. The van der Waals surface area contributed by atoms with Gasteiger partial charge in [0.1, 0.15) is 4.60 Å². The van der Waals surface area contributed by atoms with Crippen molar-refractivity contribution >= 4 is 21.5 Å². The molecule has 0 aliphatic heterocycles. The summed E-state index contributed by atoms with van der Waals surface area (Å²) in [5.41, 5.74) is 7.50. The Hall–Kier alpha value is -0.670. The Balaban J connectivity index is 2.75. The molecule has 0 atom stereocenters. The molecule has 1 aromatic rings. The van der Waals surface area contributed by atoms with Crippen molar-refractivity contribution in [2.24, 2.45) is 5.73 Å². The zero-order valence-corrected chi connectivity index (χ0v) is 8.34. The highest BCUT2D eigenvalue weighted by atomic mass is 79.9. The van der Waals surface area contributed by atoms with Crippen LogP contribution in [0.15, 0.2) is 29.5 Å². The largest absolute Gasteiger partial charge is 0.330 e. The third-order valence-electron chi connectivity index (χ3n) is 1.58. The van der Waals surface area contributed by atoms with Gasteiger partial charge in [-0.25, -0.2) is 4.98 Å². The lowest BCUT2D eigenvalue weighted by Crippen LogP contribution is -1.99. The summed E-state index contributed by atoms with van der Waals surface area (Å²) >= 11 is 3.27. The number of nitrogens with two attached hydrogens (primary N) is 1. The molecule has 1 rings (SSSR count). The normalized spacial score (nSPS) is 9.83. The first-order valence-corrected chi connectivity index (χ1v) is 4.53. The second kappa shape index (κ2) is 4.38. The predicted octanol–water partition coefficient (Wildman–Crippen LogP) is 2.21. The van der Waals surface area contributed by atoms with Gasteiger partial charge in [0.25, 0.3) is 0 Å². The molecule has 0 saturated carbocycles. The lowest BCUT2D eigenvalue weighted by Gasteiger charge is -2.02. The standard InChI is InChI=1S/C9H11BrN2/c1-7(4-5-11)8-2-3-9(10)12-6-8/h2-3,6H,1,4-5,11H2. The van der Waals surface area contributed by atoms with E-state index >= 15 is 0 Å². The molecule has 1 heterocycles. The number of aromatic nitrogens is 1. The van der Waals surface area contributed by atoms with Gasteiger partial charge < -0.3 is 5.73 Å². The second-order valence-electron chi connectivity index (χ2n) is 2.51. The molecule has 0 aliphatic carbocycles. The molecule has 0 radical (unpaired) electrons. The Labute approximate surface area is 80.6 Å². The summed E-state index contributed by atoms with van der Waals surface area (Å²) in [4.78, 5) is 4.10. The highest BCUT2D eigenvalue weighted by molar-refractivity contribution is 9.10. The van der Waals surface area contributed by atoms with Crippen LogP contribution in [0.4, 0.5) is 0 Å². The van der Waals surface area contributed by atoms with Gasteiger partial charge in [-0.3, -0.25) is 0 Å². The highest BCUT2D eigenvalue weighted by Gasteiger charge is 1.97. The Kier molecular flexibility index (Phi) is 3.44. The monoisotopic (exact) mass is 226 g/mol. The summed E-state index contributed by atoms with van der Waals surface area (Å²) in [6, 6.07) is 3.88. The molecule has 2 N–H and O–H groups in total. The van der Waals surface area contributed by atoms with Crippen LogP contribution < -0.4 is 5.73 Å². The fraction of sp³-hybridized carbons (Fsp3) is 0.222. The number of hydrogen-bond donors (Lipinski definition) is 1. The van der Waals surface area contributed by atoms with Crippen molar-refractivity contribution in [1.82, 2.24) is 4.98 Å². The van der Waals surface area contributed by atoms with E-state index in [1.54, 1.807) is 6.20 Å². The van der Waals surface area contributed by atoms with Crippen molar-refractivity contribution in [2.75, 3.05) is 6.54 Å². The first kappa shape index (κ1) is 9.42. The number of nitrogens with zero attached hydrogens (tertiary/aromatic N) is 1. The fourth-order valence-electron chi connectivity index (χ4n) is 0.904. The van der Waals surface area contributed by atoms with Gasteiger partial charge in [-0.2, -0.15) is 0 Å². The third kappa shape index (κ3) is 2.43. The number of hydrogen-bond acceptors (Lipinski definition) is 2. The molecule has 2 nitrogen and oxygen atoms in total. The van der Waals surface area contributed by atoms with Crippen molar-refractivity contribution in [3.05, 3.63) is 35.1 Å². The average Bonchev–Trinajstić information content (AvgIpc) is 2.06. The summed E-state index contributed by atoms with van der Waals surface area (Å²) in [5, 5.41) is 0. The van der Waals surface area contributed by atoms with Gasteiger partial charge in [-0.15, -0.1) is 0 Å². The second-order valence-corrected chi connectivity index (χ2v) is 3.32. The van der Waals surface area contributed by atoms with Crippen LogP contribution in [0.3, 0.4) is 0 Å². The summed E-state index contributed by atoms with van der Waals surface area (Å²) < 4.78 is 0.840. The van der Waals surface area contributed by atoms with Crippen LogP contribution in [-0.2, 0) is 0 Å². The zero-order valence-electron chi connectivity index (χ0n) is 6.76. The first-order chi connectivity index (χ1) is 5.74. The maximum atomic E-state index is 5.41. The number of pyridine rings is 1. The Morgan fingerprint density at radius 3 is 2.83 bits per heavy atom. The van der Waals surface area contributed by atoms with E-state index in [0.717, 1.165) is 22.2 Å². The number of rotatable bonds is 3. The van der Waals surface area contributed by atoms with E-state index in [9.17, 15) is 0 Å². The minimum atomic E-state index is 0.634. The smallest absolute Gasteiger partial charge is 0.106 e. The van der Waals surface area contributed by atoms with Gasteiger partial charge in [0, 0.05) is 6.20 Å². The van der Waals surface area contributed by atoms with E-state index in [0.29, 0.717) is 6.54 Å². The maximum absolute atomic E-state index is 5.41.